The third kappa shape index (κ3) is 5.15. The third-order valence-electron chi connectivity index (χ3n) is 3.98. The average molecular weight is 464 g/mol. The highest BCUT2D eigenvalue weighted by Crippen LogP contribution is 2.19. The van der Waals surface area contributed by atoms with Gasteiger partial charge in [-0.2, -0.15) is 5.10 Å². The van der Waals surface area contributed by atoms with Gasteiger partial charge in [0.25, 0.3) is 5.91 Å². The van der Waals surface area contributed by atoms with E-state index in [0.717, 1.165) is 11.3 Å². The number of carbonyl (C=O) groups is 2. The number of hydrazone groups is 1. The number of nitrogens with one attached hydrogen (secondary N) is 1. The molecule has 0 fully saturated rings. The fourth-order valence-electron chi connectivity index (χ4n) is 2.56. The lowest BCUT2D eigenvalue weighted by Crippen LogP contribution is -2.17. The molecule has 30 heavy (non-hydrogen) atoms. The minimum atomic E-state index is -0.469. The topological polar surface area (TPSA) is 89.8 Å². The minimum absolute atomic E-state index is 0.168. The predicted octanol–water partition coefficient (Wildman–Crippen LogP) is 3.82. The van der Waals surface area contributed by atoms with Crippen LogP contribution in [0.1, 0.15) is 31.2 Å². The van der Waals surface area contributed by atoms with Crippen LogP contribution in [-0.4, -0.2) is 29.8 Å². The lowest BCUT2D eigenvalue weighted by molar-refractivity contribution is 0.0600. The van der Waals surface area contributed by atoms with E-state index in [1.165, 1.54) is 24.0 Å². The molecule has 0 saturated carbocycles. The minimum Gasteiger partial charge on any atom is -0.465 e. The zero-order chi connectivity index (χ0) is 21.7. The summed E-state index contributed by atoms with van der Waals surface area (Å²) in [4.78, 5) is 36.2. The number of hydrogen-bond donors (Lipinski definition) is 1. The molecule has 0 saturated heterocycles. The van der Waals surface area contributed by atoms with Crippen LogP contribution in [-0.2, 0) is 11.3 Å². The average Bonchev–Trinajstić information content (AvgIpc) is 3.01. The van der Waals surface area contributed by atoms with Crippen LogP contribution >= 0.6 is 34.5 Å². The molecule has 0 spiro atoms. The first-order valence-electron chi connectivity index (χ1n) is 8.54. The first kappa shape index (κ1) is 21.8. The largest absolute Gasteiger partial charge is 0.465 e. The monoisotopic (exact) mass is 463 g/mol. The number of aromatic nitrogens is 1. The molecule has 154 valence electrons. The van der Waals surface area contributed by atoms with Crippen molar-refractivity contribution in [1.82, 2.24) is 9.99 Å². The maximum Gasteiger partial charge on any atom is 0.337 e. The van der Waals surface area contributed by atoms with Crippen molar-refractivity contribution in [2.75, 3.05) is 7.11 Å². The first-order chi connectivity index (χ1) is 14.4. The van der Waals surface area contributed by atoms with E-state index >= 15 is 0 Å². The Bertz CT molecular complexity index is 1190. The number of esters is 1. The van der Waals surface area contributed by atoms with Crippen LogP contribution in [0, 0.1) is 0 Å². The number of amides is 1. The van der Waals surface area contributed by atoms with Gasteiger partial charge in [-0.15, -0.1) is 0 Å². The second-order valence-corrected chi connectivity index (χ2v) is 7.80. The number of nitrogens with zero attached hydrogens (tertiary/aromatic N) is 2. The van der Waals surface area contributed by atoms with Crippen LogP contribution in [0.3, 0.4) is 0 Å². The van der Waals surface area contributed by atoms with Crippen LogP contribution < -0.4 is 10.3 Å². The molecule has 3 aromatic rings. The van der Waals surface area contributed by atoms with Gasteiger partial charge in [-0.1, -0.05) is 52.7 Å². The molecule has 0 aliphatic rings. The molecular weight excluding hydrogens is 449 g/mol. The normalized spacial score (nSPS) is 10.9. The van der Waals surface area contributed by atoms with E-state index in [-0.39, 0.29) is 16.6 Å². The third-order valence-corrected chi connectivity index (χ3v) is 5.65. The Kier molecular flexibility index (Phi) is 7.04. The Hall–Kier alpha value is -2.94. The van der Waals surface area contributed by atoms with E-state index in [2.05, 4.69) is 10.5 Å². The molecule has 0 atom stereocenters. The second-order valence-electron chi connectivity index (χ2n) is 6.01. The van der Waals surface area contributed by atoms with Gasteiger partial charge in [0.1, 0.15) is 5.15 Å². The van der Waals surface area contributed by atoms with Gasteiger partial charge in [-0.3, -0.25) is 14.2 Å². The lowest BCUT2D eigenvalue weighted by Gasteiger charge is -2.06. The van der Waals surface area contributed by atoms with Gasteiger partial charge < -0.3 is 4.74 Å². The van der Waals surface area contributed by atoms with Gasteiger partial charge in [0, 0.05) is 10.6 Å². The molecule has 0 bridgehead atoms. The summed E-state index contributed by atoms with van der Waals surface area (Å²) in [6.07, 6.45) is 1.30. The number of methoxy groups -OCH3 is 1. The standard InChI is InChI=1S/C20H15Cl2N3O4S/c1-29-19(27)14-6-2-4-12(8-14)11-25-17(22)16(30-20(25)28)10-23-24-18(26)13-5-3-7-15(21)9-13/h2-10H,11H2,1H3,(H,24,26)/b23-10+. The highest BCUT2D eigenvalue weighted by Gasteiger charge is 2.13. The maximum atomic E-state index is 12.3. The second kappa shape index (κ2) is 9.71. The van der Waals surface area contributed by atoms with Crippen molar-refractivity contribution >= 4 is 52.6 Å². The van der Waals surface area contributed by atoms with E-state index in [1.54, 1.807) is 42.5 Å². The molecule has 0 aliphatic carbocycles. The zero-order valence-corrected chi connectivity index (χ0v) is 17.9. The lowest BCUT2D eigenvalue weighted by atomic mass is 10.1. The molecule has 1 heterocycles. The van der Waals surface area contributed by atoms with Crippen molar-refractivity contribution in [2.24, 2.45) is 5.10 Å². The molecule has 0 radical (unpaired) electrons. The number of ether oxygens (including phenoxy) is 1. The van der Waals surface area contributed by atoms with Crippen molar-refractivity contribution in [2.45, 2.75) is 6.54 Å². The van der Waals surface area contributed by atoms with E-state index in [1.807, 2.05) is 0 Å². The molecule has 7 nitrogen and oxygen atoms in total. The number of hydrogen-bond acceptors (Lipinski definition) is 6. The summed E-state index contributed by atoms with van der Waals surface area (Å²) in [5, 5.41) is 4.47. The molecular formula is C20H15Cl2N3O4S. The Labute approximate surface area is 185 Å². The van der Waals surface area contributed by atoms with Crippen molar-refractivity contribution in [1.29, 1.82) is 0 Å². The number of benzene rings is 2. The number of halogens is 2. The van der Waals surface area contributed by atoms with Gasteiger partial charge >= 0.3 is 10.8 Å². The fourth-order valence-corrected chi connectivity index (χ4v) is 3.85. The zero-order valence-electron chi connectivity index (χ0n) is 15.6. The smallest absolute Gasteiger partial charge is 0.337 e. The summed E-state index contributed by atoms with van der Waals surface area (Å²) in [7, 11) is 1.30. The summed E-state index contributed by atoms with van der Waals surface area (Å²) in [5.74, 6) is -0.917. The molecule has 2 aromatic carbocycles. The van der Waals surface area contributed by atoms with Crippen LogP contribution in [0.5, 0.6) is 0 Å². The Morgan fingerprint density at radius 3 is 2.63 bits per heavy atom. The van der Waals surface area contributed by atoms with Crippen LogP contribution in [0.25, 0.3) is 0 Å². The SMILES string of the molecule is COC(=O)c1cccc(Cn2c(Cl)c(/C=N/NC(=O)c3cccc(Cl)c3)sc2=O)c1. The molecule has 1 amide bonds. The van der Waals surface area contributed by atoms with Crippen molar-refractivity contribution < 1.29 is 14.3 Å². The number of thiazole rings is 1. The predicted molar refractivity (Wildman–Crippen MR) is 117 cm³/mol. The summed E-state index contributed by atoms with van der Waals surface area (Å²) >= 11 is 13.1. The van der Waals surface area contributed by atoms with Gasteiger partial charge in [0.15, 0.2) is 0 Å². The molecule has 0 unspecified atom stereocenters. The highest BCUT2D eigenvalue weighted by atomic mass is 35.5. The summed E-state index contributed by atoms with van der Waals surface area (Å²) in [6, 6.07) is 13.1. The van der Waals surface area contributed by atoms with Crippen LogP contribution in [0.15, 0.2) is 58.4 Å². The van der Waals surface area contributed by atoms with Crippen molar-refractivity contribution in [3.8, 4) is 0 Å². The number of carbonyl (C=O) groups excluding carboxylic acids is 2. The van der Waals surface area contributed by atoms with Gasteiger partial charge in [-0.25, -0.2) is 10.2 Å². The fraction of sp³-hybridized carbons (Fsp3) is 0.100. The van der Waals surface area contributed by atoms with Crippen LogP contribution in [0.2, 0.25) is 10.2 Å². The van der Waals surface area contributed by atoms with E-state index < -0.39 is 11.9 Å². The molecule has 3 rings (SSSR count). The maximum absolute atomic E-state index is 12.3. The van der Waals surface area contributed by atoms with E-state index in [9.17, 15) is 14.4 Å². The molecule has 10 heteroatoms. The summed E-state index contributed by atoms with van der Waals surface area (Å²) < 4.78 is 6.05. The summed E-state index contributed by atoms with van der Waals surface area (Å²) in [5.41, 5.74) is 3.79. The van der Waals surface area contributed by atoms with Crippen molar-refractivity contribution in [3.05, 3.63) is 89.9 Å². The van der Waals surface area contributed by atoms with Crippen molar-refractivity contribution in [3.63, 3.8) is 0 Å². The van der Waals surface area contributed by atoms with E-state index in [0.29, 0.717) is 26.6 Å². The Morgan fingerprint density at radius 2 is 1.90 bits per heavy atom. The quantitative estimate of drug-likeness (QED) is 0.341. The Balaban J connectivity index is 1.74. The number of rotatable bonds is 6. The van der Waals surface area contributed by atoms with Gasteiger partial charge in [0.05, 0.1) is 30.3 Å². The van der Waals surface area contributed by atoms with Gasteiger partial charge in [-0.05, 0) is 35.9 Å². The first-order valence-corrected chi connectivity index (χ1v) is 10.1. The van der Waals surface area contributed by atoms with E-state index in [4.69, 9.17) is 27.9 Å². The molecule has 1 N–H and O–H groups in total. The molecule has 0 aliphatic heterocycles. The highest BCUT2D eigenvalue weighted by molar-refractivity contribution is 7.11. The van der Waals surface area contributed by atoms with Gasteiger partial charge in [0.2, 0.25) is 0 Å². The summed E-state index contributed by atoms with van der Waals surface area (Å²) in [6.45, 7) is 0.168. The van der Waals surface area contributed by atoms with Crippen LogP contribution in [0.4, 0.5) is 0 Å². The molecule has 1 aromatic heterocycles. The Morgan fingerprint density at radius 1 is 1.17 bits per heavy atom.